The van der Waals surface area contributed by atoms with E-state index in [1.807, 2.05) is 11.8 Å². The van der Waals surface area contributed by atoms with Gasteiger partial charge in [-0.25, -0.2) is 0 Å². The standard InChI is InChI=1S/C73H53NS/c1-3-71(4-2)65-43-46(34-39-54(65)55-40-36-48(45-66(55)71)74-68-31-17-9-23-56(68)57-24-10-18-32-69(57)74)33-37-49-38-42-70(75-49)47-35-41-64-67(44-47)73(60-27-13-7-21-52(60)53-22-8-14-28-61(53)73)63-30-16-15-29-62(63)72(64)58-25-11-5-19-50(58)51-20-6-12-26-59(51)72/h5-41,43-45,70H,3-4,42H2,1-2H3/b37-33+. The maximum atomic E-state index is 2.65. The zero-order chi connectivity index (χ0) is 49.6. The molecule has 0 saturated carbocycles. The normalized spacial score (nSPS) is 17.1. The zero-order valence-corrected chi connectivity index (χ0v) is 43.0. The molecule has 0 fully saturated rings. The van der Waals surface area contributed by atoms with Gasteiger partial charge in [0.25, 0.3) is 0 Å². The summed E-state index contributed by atoms with van der Waals surface area (Å²) in [6.45, 7) is 4.77. The number of aromatic nitrogens is 1. The lowest BCUT2D eigenvalue weighted by molar-refractivity contribution is 0.490. The van der Waals surface area contributed by atoms with Gasteiger partial charge < -0.3 is 4.57 Å². The van der Waals surface area contributed by atoms with Gasteiger partial charge in [-0.2, -0.15) is 0 Å². The topological polar surface area (TPSA) is 4.93 Å². The van der Waals surface area contributed by atoms with Gasteiger partial charge in [-0.15, -0.1) is 11.8 Å². The highest BCUT2D eigenvalue weighted by Gasteiger charge is 2.59. The van der Waals surface area contributed by atoms with Gasteiger partial charge in [0.15, 0.2) is 0 Å². The summed E-state index contributed by atoms with van der Waals surface area (Å²) in [5.74, 6) is 0. The van der Waals surface area contributed by atoms with Crippen LogP contribution in [-0.4, -0.2) is 4.57 Å². The molecule has 2 heteroatoms. The predicted molar refractivity (Wildman–Crippen MR) is 314 cm³/mol. The predicted octanol–water partition coefficient (Wildman–Crippen LogP) is 18.7. The van der Waals surface area contributed by atoms with Gasteiger partial charge in [-0.05, 0) is 150 Å². The average molecular weight is 976 g/mol. The number of fused-ring (bicyclic) bond motifs is 22. The van der Waals surface area contributed by atoms with Gasteiger partial charge in [-0.3, -0.25) is 0 Å². The molecular formula is C73H53NS. The molecule has 2 spiro atoms. The summed E-state index contributed by atoms with van der Waals surface area (Å²) in [6, 6.07) is 86.2. The second-order valence-corrected chi connectivity index (χ2v) is 22.8. The lowest BCUT2D eigenvalue weighted by atomic mass is 9.52. The summed E-state index contributed by atoms with van der Waals surface area (Å²) in [5.41, 5.74) is 27.4. The Bertz CT molecular complexity index is 4160. The van der Waals surface area contributed by atoms with Crippen LogP contribution >= 0.6 is 11.8 Å². The lowest BCUT2D eigenvalue weighted by Crippen LogP contribution is -2.43. The second-order valence-electron chi connectivity index (χ2n) is 21.5. The Hall–Kier alpha value is -8.17. The molecule has 1 nitrogen and oxygen atoms in total. The number of hydrogen-bond acceptors (Lipinski definition) is 1. The van der Waals surface area contributed by atoms with E-state index in [1.54, 1.807) is 0 Å². The molecule has 1 aromatic heterocycles. The van der Waals surface area contributed by atoms with Crippen molar-refractivity contribution < 1.29 is 0 Å². The molecule has 11 aromatic rings. The van der Waals surface area contributed by atoms with E-state index in [9.17, 15) is 0 Å². The fourth-order valence-electron chi connectivity index (χ4n) is 15.4. The van der Waals surface area contributed by atoms with E-state index in [-0.39, 0.29) is 5.41 Å². The molecule has 10 aromatic carbocycles. The molecule has 356 valence electrons. The Morgan fingerprint density at radius 2 is 0.867 bits per heavy atom. The zero-order valence-electron chi connectivity index (χ0n) is 42.1. The van der Waals surface area contributed by atoms with Crippen LogP contribution in [0, 0.1) is 0 Å². The maximum Gasteiger partial charge on any atom is 0.0720 e. The van der Waals surface area contributed by atoms with E-state index in [2.05, 4.69) is 261 Å². The highest BCUT2D eigenvalue weighted by molar-refractivity contribution is 8.03. The minimum absolute atomic E-state index is 0.0678. The first-order valence-corrected chi connectivity index (χ1v) is 27.9. The van der Waals surface area contributed by atoms with Crippen LogP contribution in [0.1, 0.15) is 105 Å². The Kier molecular flexibility index (Phi) is 9.18. The van der Waals surface area contributed by atoms with Crippen LogP contribution in [0.5, 0.6) is 0 Å². The third-order valence-corrected chi connectivity index (χ3v) is 19.9. The van der Waals surface area contributed by atoms with Gasteiger partial charge >= 0.3 is 0 Å². The molecule has 0 saturated heterocycles. The number of thioether (sulfide) groups is 1. The number of rotatable bonds is 6. The van der Waals surface area contributed by atoms with Crippen molar-refractivity contribution >= 4 is 39.6 Å². The second kappa shape index (κ2) is 15.9. The highest BCUT2D eigenvalue weighted by Crippen LogP contribution is 2.68. The molecule has 1 aliphatic heterocycles. The summed E-state index contributed by atoms with van der Waals surface area (Å²) < 4.78 is 2.47. The smallest absolute Gasteiger partial charge is 0.0720 e. The summed E-state index contributed by atoms with van der Waals surface area (Å²) in [5, 5.41) is 2.89. The van der Waals surface area contributed by atoms with Gasteiger partial charge in [0.05, 0.1) is 21.9 Å². The molecule has 0 N–H and O–H groups in total. The number of para-hydroxylation sites is 2. The summed E-state index contributed by atoms with van der Waals surface area (Å²) in [4.78, 5) is 1.33. The van der Waals surface area contributed by atoms with E-state index in [1.165, 1.54) is 133 Å². The van der Waals surface area contributed by atoms with Crippen LogP contribution < -0.4 is 0 Å². The van der Waals surface area contributed by atoms with Gasteiger partial charge in [0, 0.05) is 32.0 Å². The Labute approximate surface area is 443 Å². The number of nitrogens with zero attached hydrogens (tertiary/aromatic N) is 1. The SMILES string of the molecule is CCC1(CC)c2cc(/C=C/C3=CCC(c4ccc5c(c4)C4(c6ccccc6-c6ccccc64)c4ccccc4C54c5ccccc5-c5ccccc54)S3)ccc2-c2ccc(-n3c4ccccc4c4ccccc43)cc21. The third-order valence-electron chi connectivity index (χ3n) is 18.5. The van der Waals surface area contributed by atoms with E-state index < -0.39 is 10.8 Å². The summed E-state index contributed by atoms with van der Waals surface area (Å²) >= 11 is 2.02. The van der Waals surface area contributed by atoms with Crippen molar-refractivity contribution in [2.24, 2.45) is 0 Å². The quantitative estimate of drug-likeness (QED) is 0.161. The van der Waals surface area contributed by atoms with Crippen LogP contribution in [-0.2, 0) is 16.2 Å². The molecule has 1 atom stereocenters. The molecule has 1 unspecified atom stereocenters. The monoisotopic (exact) mass is 975 g/mol. The van der Waals surface area contributed by atoms with Crippen LogP contribution in [0.3, 0.4) is 0 Å². The third kappa shape index (κ3) is 5.55. The number of allylic oxidation sites excluding steroid dienone is 2. The Morgan fingerprint density at radius 3 is 1.43 bits per heavy atom. The fraction of sp³-hybridized carbons (Fsp3) is 0.123. The van der Waals surface area contributed by atoms with Gasteiger partial charge in [0.1, 0.15) is 0 Å². The first-order valence-electron chi connectivity index (χ1n) is 27.0. The van der Waals surface area contributed by atoms with Crippen molar-refractivity contribution in [2.75, 3.05) is 0 Å². The molecule has 2 heterocycles. The molecule has 5 aliphatic rings. The minimum atomic E-state index is -0.488. The Morgan fingerprint density at radius 1 is 0.413 bits per heavy atom. The highest BCUT2D eigenvalue weighted by atomic mass is 32.2. The minimum Gasteiger partial charge on any atom is -0.309 e. The largest absolute Gasteiger partial charge is 0.309 e. The van der Waals surface area contributed by atoms with Gasteiger partial charge in [-0.1, -0.05) is 226 Å². The van der Waals surface area contributed by atoms with Crippen LogP contribution in [0.15, 0.2) is 242 Å². The summed E-state index contributed by atoms with van der Waals surface area (Å²) in [6.07, 6.45) is 10.3. The van der Waals surface area contributed by atoms with Crippen molar-refractivity contribution in [1.82, 2.24) is 4.57 Å². The molecular weight excluding hydrogens is 923 g/mol. The van der Waals surface area contributed by atoms with Crippen LogP contribution in [0.25, 0.3) is 66.9 Å². The van der Waals surface area contributed by atoms with E-state index >= 15 is 0 Å². The fourth-order valence-corrected chi connectivity index (χ4v) is 16.5. The van der Waals surface area contributed by atoms with Crippen molar-refractivity contribution in [3.63, 3.8) is 0 Å². The first kappa shape index (κ1) is 43.3. The average Bonchev–Trinajstić information content (AvgIpc) is 4.38. The maximum absolute atomic E-state index is 2.65. The number of hydrogen-bond donors (Lipinski definition) is 0. The molecule has 0 amide bonds. The molecule has 16 rings (SSSR count). The van der Waals surface area contributed by atoms with E-state index in [0.717, 1.165) is 19.3 Å². The van der Waals surface area contributed by atoms with E-state index in [4.69, 9.17) is 0 Å². The van der Waals surface area contributed by atoms with Crippen molar-refractivity contribution in [3.05, 3.63) is 308 Å². The van der Waals surface area contributed by atoms with Crippen LogP contribution in [0.2, 0.25) is 0 Å². The number of benzene rings is 10. The molecule has 75 heavy (non-hydrogen) atoms. The van der Waals surface area contributed by atoms with Crippen molar-refractivity contribution in [2.45, 2.75) is 54.6 Å². The molecule has 4 aliphatic carbocycles. The van der Waals surface area contributed by atoms with Crippen LogP contribution in [0.4, 0.5) is 0 Å². The van der Waals surface area contributed by atoms with Gasteiger partial charge in [0.2, 0.25) is 0 Å². The van der Waals surface area contributed by atoms with Crippen molar-refractivity contribution in [1.29, 1.82) is 0 Å². The lowest BCUT2D eigenvalue weighted by Gasteiger charge is -2.49. The summed E-state index contributed by atoms with van der Waals surface area (Å²) in [7, 11) is 0. The molecule has 0 bridgehead atoms. The van der Waals surface area contributed by atoms with Crippen molar-refractivity contribution in [3.8, 4) is 39.1 Å². The van der Waals surface area contributed by atoms with E-state index in [0.29, 0.717) is 5.25 Å². The first-order chi connectivity index (χ1) is 37.1. The Balaban J connectivity index is 0.778. The molecule has 0 radical (unpaired) electrons.